The minimum Gasteiger partial charge on any atom is -0.497 e. The fourth-order valence-corrected chi connectivity index (χ4v) is 3.25. The predicted molar refractivity (Wildman–Crippen MR) is 109 cm³/mol. The molecular weight excluding hydrogens is 336 g/mol. The Labute approximate surface area is 160 Å². The molecule has 0 saturated heterocycles. The van der Waals surface area contributed by atoms with Gasteiger partial charge in [-0.2, -0.15) is 0 Å². The van der Waals surface area contributed by atoms with E-state index in [-0.39, 0.29) is 11.9 Å². The number of pyridine rings is 1. The van der Waals surface area contributed by atoms with Crippen LogP contribution in [0.25, 0.3) is 10.9 Å². The van der Waals surface area contributed by atoms with E-state index >= 15 is 0 Å². The quantitative estimate of drug-likeness (QED) is 0.628. The van der Waals surface area contributed by atoms with E-state index in [0.29, 0.717) is 5.56 Å². The van der Waals surface area contributed by atoms with Crippen LogP contribution in [-0.2, 0) is 6.42 Å². The molecule has 1 atom stereocenters. The number of nitrogens with zero attached hydrogens (tertiary/aromatic N) is 1. The number of hydrogen-bond donors (Lipinski definition) is 1. The fourth-order valence-electron chi connectivity index (χ4n) is 3.25. The van der Waals surface area contributed by atoms with E-state index in [1.807, 2.05) is 48.5 Å². The molecule has 1 amide bonds. The average Bonchev–Trinajstić information content (AvgIpc) is 2.71. The molecular formula is C23H26N2O2. The molecule has 0 saturated carbocycles. The number of carbonyl (C=O) groups is 1. The van der Waals surface area contributed by atoms with Gasteiger partial charge in [-0.05, 0) is 54.8 Å². The molecule has 0 aliphatic carbocycles. The molecule has 1 N–H and O–H groups in total. The first-order chi connectivity index (χ1) is 13.2. The maximum absolute atomic E-state index is 12.8. The molecule has 0 fully saturated rings. The van der Waals surface area contributed by atoms with Crippen molar-refractivity contribution in [2.24, 2.45) is 0 Å². The number of nitrogens with one attached hydrogen (secondary N) is 1. The summed E-state index contributed by atoms with van der Waals surface area (Å²) in [4.78, 5) is 17.1. The Morgan fingerprint density at radius 1 is 1.15 bits per heavy atom. The van der Waals surface area contributed by atoms with Crippen molar-refractivity contribution in [2.45, 2.75) is 38.6 Å². The molecule has 0 aliphatic heterocycles. The van der Waals surface area contributed by atoms with Crippen LogP contribution < -0.4 is 10.1 Å². The number of methoxy groups -OCH3 is 1. The third kappa shape index (κ3) is 5.07. The zero-order valence-electron chi connectivity index (χ0n) is 15.9. The molecule has 0 bridgehead atoms. The van der Waals surface area contributed by atoms with E-state index < -0.39 is 0 Å². The van der Waals surface area contributed by atoms with Crippen molar-refractivity contribution in [3.8, 4) is 5.75 Å². The number of unbranched alkanes of at least 4 members (excludes halogenated alkanes) is 1. The summed E-state index contributed by atoms with van der Waals surface area (Å²) >= 11 is 0. The van der Waals surface area contributed by atoms with Crippen LogP contribution in [-0.4, -0.2) is 24.0 Å². The number of carbonyl (C=O) groups excluding carboxylic acids is 1. The van der Waals surface area contributed by atoms with E-state index in [9.17, 15) is 4.79 Å². The summed E-state index contributed by atoms with van der Waals surface area (Å²) in [5, 5.41) is 4.19. The van der Waals surface area contributed by atoms with Crippen molar-refractivity contribution >= 4 is 16.8 Å². The molecule has 2 aromatic carbocycles. The molecule has 3 rings (SSSR count). The molecule has 140 valence electrons. The second-order valence-electron chi connectivity index (χ2n) is 6.78. The minimum absolute atomic E-state index is 0.0373. The van der Waals surface area contributed by atoms with Crippen LogP contribution in [0.3, 0.4) is 0 Å². The summed E-state index contributed by atoms with van der Waals surface area (Å²) in [6, 6.07) is 17.6. The van der Waals surface area contributed by atoms with Crippen molar-refractivity contribution in [2.75, 3.05) is 7.11 Å². The summed E-state index contributed by atoms with van der Waals surface area (Å²) in [6.07, 6.45) is 5.69. The number of amides is 1. The van der Waals surface area contributed by atoms with Crippen molar-refractivity contribution in [3.63, 3.8) is 0 Å². The van der Waals surface area contributed by atoms with Crippen molar-refractivity contribution in [1.29, 1.82) is 0 Å². The monoisotopic (exact) mass is 362 g/mol. The number of rotatable bonds is 8. The summed E-state index contributed by atoms with van der Waals surface area (Å²) in [6.45, 7) is 2.17. The molecule has 4 heteroatoms. The van der Waals surface area contributed by atoms with Crippen LogP contribution in [0.1, 0.15) is 42.1 Å². The van der Waals surface area contributed by atoms with E-state index in [1.54, 1.807) is 13.3 Å². The largest absolute Gasteiger partial charge is 0.497 e. The number of ether oxygens (including phenoxy) is 1. The smallest absolute Gasteiger partial charge is 0.251 e. The highest BCUT2D eigenvalue weighted by atomic mass is 16.5. The van der Waals surface area contributed by atoms with Crippen molar-refractivity contribution in [1.82, 2.24) is 10.3 Å². The first-order valence-electron chi connectivity index (χ1n) is 9.48. The topological polar surface area (TPSA) is 51.2 Å². The number of hydrogen-bond acceptors (Lipinski definition) is 3. The maximum Gasteiger partial charge on any atom is 0.251 e. The normalized spacial score (nSPS) is 11.9. The zero-order valence-corrected chi connectivity index (χ0v) is 15.9. The Morgan fingerprint density at radius 2 is 2.04 bits per heavy atom. The molecule has 4 nitrogen and oxygen atoms in total. The predicted octanol–water partition coefficient (Wildman–Crippen LogP) is 4.77. The highest BCUT2D eigenvalue weighted by Crippen LogP contribution is 2.17. The molecule has 3 aromatic rings. The Morgan fingerprint density at radius 3 is 2.85 bits per heavy atom. The van der Waals surface area contributed by atoms with Gasteiger partial charge < -0.3 is 10.1 Å². The molecule has 0 aliphatic rings. The van der Waals surface area contributed by atoms with Gasteiger partial charge in [0.2, 0.25) is 0 Å². The third-order valence-corrected chi connectivity index (χ3v) is 4.72. The van der Waals surface area contributed by atoms with E-state index in [4.69, 9.17) is 4.74 Å². The zero-order chi connectivity index (χ0) is 19.1. The fraction of sp³-hybridized carbons (Fsp3) is 0.304. The number of fused-ring (bicyclic) bond motifs is 1. The number of aromatic nitrogens is 1. The van der Waals surface area contributed by atoms with Crippen molar-refractivity contribution in [3.05, 3.63) is 71.9 Å². The van der Waals surface area contributed by atoms with Gasteiger partial charge in [-0.15, -0.1) is 0 Å². The lowest BCUT2D eigenvalue weighted by Crippen LogP contribution is -2.36. The van der Waals surface area contributed by atoms with Gasteiger partial charge in [0.25, 0.3) is 5.91 Å². The first-order valence-corrected chi connectivity index (χ1v) is 9.48. The summed E-state index contributed by atoms with van der Waals surface area (Å²) in [5.41, 5.74) is 2.73. The standard InChI is InChI=1S/C23H26N2O2/c1-3-4-9-20(14-17-7-5-10-21(15-17)27-2)25-23(26)19-11-12-22-18(16-19)8-6-13-24-22/h5-8,10-13,15-16,20H,3-4,9,14H2,1-2H3,(H,25,26). The molecule has 1 unspecified atom stereocenters. The Kier molecular flexibility index (Phi) is 6.42. The van der Waals surface area contributed by atoms with Gasteiger partial charge in [-0.3, -0.25) is 9.78 Å². The highest BCUT2D eigenvalue weighted by Gasteiger charge is 2.15. The second kappa shape index (κ2) is 9.17. The van der Waals surface area contributed by atoms with Crippen LogP contribution in [0.15, 0.2) is 60.8 Å². The van der Waals surface area contributed by atoms with E-state index in [0.717, 1.165) is 42.3 Å². The van der Waals surface area contributed by atoms with Crippen LogP contribution in [0.2, 0.25) is 0 Å². The molecule has 1 aromatic heterocycles. The van der Waals surface area contributed by atoms with Gasteiger partial charge in [0, 0.05) is 23.2 Å². The summed E-state index contributed by atoms with van der Waals surface area (Å²) in [7, 11) is 1.67. The molecule has 1 heterocycles. The second-order valence-corrected chi connectivity index (χ2v) is 6.78. The molecule has 0 radical (unpaired) electrons. The van der Waals surface area contributed by atoms with Crippen LogP contribution >= 0.6 is 0 Å². The van der Waals surface area contributed by atoms with Gasteiger partial charge in [0.05, 0.1) is 12.6 Å². The third-order valence-electron chi connectivity index (χ3n) is 4.72. The van der Waals surface area contributed by atoms with Crippen molar-refractivity contribution < 1.29 is 9.53 Å². The highest BCUT2D eigenvalue weighted by molar-refractivity contribution is 5.98. The van der Waals surface area contributed by atoms with E-state index in [1.165, 1.54) is 5.56 Å². The average molecular weight is 362 g/mol. The Hall–Kier alpha value is -2.88. The lowest BCUT2D eigenvalue weighted by atomic mass is 10.00. The van der Waals surface area contributed by atoms with Gasteiger partial charge in [0.15, 0.2) is 0 Å². The van der Waals surface area contributed by atoms with Crippen LogP contribution in [0.5, 0.6) is 5.75 Å². The molecule has 0 spiro atoms. The maximum atomic E-state index is 12.8. The van der Waals surface area contributed by atoms with E-state index in [2.05, 4.69) is 23.3 Å². The van der Waals surface area contributed by atoms with Gasteiger partial charge >= 0.3 is 0 Å². The number of benzene rings is 2. The van der Waals surface area contributed by atoms with Gasteiger partial charge in [0.1, 0.15) is 5.75 Å². The van der Waals surface area contributed by atoms with Crippen LogP contribution in [0.4, 0.5) is 0 Å². The lowest BCUT2D eigenvalue weighted by molar-refractivity contribution is 0.0934. The van der Waals surface area contributed by atoms with Gasteiger partial charge in [-0.25, -0.2) is 0 Å². The lowest BCUT2D eigenvalue weighted by Gasteiger charge is -2.19. The molecule has 27 heavy (non-hydrogen) atoms. The Balaban J connectivity index is 1.74. The van der Waals surface area contributed by atoms with Gasteiger partial charge in [-0.1, -0.05) is 38.0 Å². The first kappa shape index (κ1) is 18.9. The van der Waals surface area contributed by atoms with Crippen LogP contribution in [0, 0.1) is 0 Å². The summed E-state index contributed by atoms with van der Waals surface area (Å²) in [5.74, 6) is 0.805. The SMILES string of the molecule is CCCCC(Cc1cccc(OC)c1)NC(=O)c1ccc2ncccc2c1. The Bertz CT molecular complexity index is 908. The minimum atomic E-state index is -0.0373. The summed E-state index contributed by atoms with van der Waals surface area (Å²) < 4.78 is 5.32.